The SMILES string of the molecule is CCN(CC(=O)O)C(=O)C1CCCCN1C(=O)c1ccco1. The maximum absolute atomic E-state index is 12.6. The molecule has 0 aromatic carbocycles. The van der Waals surface area contributed by atoms with Crippen LogP contribution in [0.5, 0.6) is 0 Å². The molecule has 0 radical (unpaired) electrons. The Morgan fingerprint density at radius 1 is 1.41 bits per heavy atom. The average Bonchev–Trinajstić information content (AvgIpc) is 3.05. The third kappa shape index (κ3) is 3.47. The predicted octanol–water partition coefficient (Wildman–Crippen LogP) is 1.21. The Kier molecular flexibility index (Phi) is 5.19. The van der Waals surface area contributed by atoms with E-state index in [4.69, 9.17) is 9.52 Å². The van der Waals surface area contributed by atoms with Crippen LogP contribution < -0.4 is 0 Å². The van der Waals surface area contributed by atoms with Crippen LogP contribution in [-0.4, -0.2) is 58.4 Å². The largest absolute Gasteiger partial charge is 0.480 e. The highest BCUT2D eigenvalue weighted by atomic mass is 16.4. The summed E-state index contributed by atoms with van der Waals surface area (Å²) in [5, 5.41) is 8.90. The second-order valence-corrected chi connectivity index (χ2v) is 5.23. The van der Waals surface area contributed by atoms with Gasteiger partial charge in [0.1, 0.15) is 12.6 Å². The number of furan rings is 1. The Morgan fingerprint density at radius 3 is 2.77 bits per heavy atom. The van der Waals surface area contributed by atoms with Crippen LogP contribution in [0.2, 0.25) is 0 Å². The van der Waals surface area contributed by atoms with Crippen LogP contribution in [0.25, 0.3) is 0 Å². The number of carbonyl (C=O) groups excluding carboxylic acids is 2. The van der Waals surface area contributed by atoms with Crippen molar-refractivity contribution in [3.05, 3.63) is 24.2 Å². The minimum atomic E-state index is -1.06. The van der Waals surface area contributed by atoms with E-state index in [0.29, 0.717) is 19.5 Å². The standard InChI is InChI=1S/C15H20N2O5/c1-2-16(10-13(18)19)14(20)11-6-3-4-8-17(11)15(21)12-7-5-9-22-12/h5,7,9,11H,2-4,6,8,10H2,1H3,(H,18,19). The lowest BCUT2D eigenvalue weighted by molar-refractivity contribution is -0.146. The molecule has 22 heavy (non-hydrogen) atoms. The van der Waals surface area contributed by atoms with Crippen molar-refractivity contribution >= 4 is 17.8 Å². The minimum absolute atomic E-state index is 0.195. The zero-order valence-electron chi connectivity index (χ0n) is 12.5. The molecule has 1 fully saturated rings. The van der Waals surface area contributed by atoms with E-state index in [-0.39, 0.29) is 24.1 Å². The van der Waals surface area contributed by atoms with Gasteiger partial charge in [-0.15, -0.1) is 0 Å². The average molecular weight is 308 g/mol. The van der Waals surface area contributed by atoms with E-state index in [9.17, 15) is 14.4 Å². The number of likely N-dealkylation sites (N-methyl/N-ethyl adjacent to an activating group) is 1. The second-order valence-electron chi connectivity index (χ2n) is 5.23. The van der Waals surface area contributed by atoms with E-state index in [2.05, 4.69) is 0 Å². The molecule has 0 spiro atoms. The van der Waals surface area contributed by atoms with Gasteiger partial charge in [-0.25, -0.2) is 0 Å². The molecule has 1 aromatic heterocycles. The zero-order chi connectivity index (χ0) is 16.1. The molecule has 2 rings (SSSR count). The van der Waals surface area contributed by atoms with Crippen molar-refractivity contribution in [2.45, 2.75) is 32.2 Å². The van der Waals surface area contributed by atoms with Gasteiger partial charge in [0.2, 0.25) is 5.91 Å². The first-order chi connectivity index (χ1) is 10.5. The molecule has 0 saturated carbocycles. The third-order valence-electron chi connectivity index (χ3n) is 3.80. The fraction of sp³-hybridized carbons (Fsp3) is 0.533. The van der Waals surface area contributed by atoms with Gasteiger partial charge in [-0.05, 0) is 38.3 Å². The molecular weight excluding hydrogens is 288 g/mol. The number of piperidine rings is 1. The summed E-state index contributed by atoms with van der Waals surface area (Å²) in [6, 6.07) is 2.56. The first-order valence-corrected chi connectivity index (χ1v) is 7.39. The first-order valence-electron chi connectivity index (χ1n) is 7.39. The molecule has 1 aliphatic heterocycles. The number of amides is 2. The minimum Gasteiger partial charge on any atom is -0.480 e. The molecule has 0 aliphatic carbocycles. The lowest BCUT2D eigenvalue weighted by atomic mass is 10.00. The molecule has 1 aromatic rings. The number of carboxylic acid groups (broad SMARTS) is 1. The number of carbonyl (C=O) groups is 3. The molecule has 1 atom stereocenters. The van der Waals surface area contributed by atoms with Crippen LogP contribution in [0.3, 0.4) is 0 Å². The van der Waals surface area contributed by atoms with Gasteiger partial charge in [0.15, 0.2) is 5.76 Å². The Morgan fingerprint density at radius 2 is 2.18 bits per heavy atom. The quantitative estimate of drug-likeness (QED) is 0.882. The number of rotatable bonds is 5. The van der Waals surface area contributed by atoms with E-state index in [1.54, 1.807) is 19.1 Å². The molecule has 2 heterocycles. The van der Waals surface area contributed by atoms with Crippen LogP contribution in [0.1, 0.15) is 36.7 Å². The van der Waals surface area contributed by atoms with Gasteiger partial charge < -0.3 is 19.3 Å². The van der Waals surface area contributed by atoms with Gasteiger partial charge in [0.05, 0.1) is 6.26 Å². The summed E-state index contributed by atoms with van der Waals surface area (Å²) in [5.74, 6) is -1.50. The molecule has 1 saturated heterocycles. The number of carboxylic acids is 1. The zero-order valence-corrected chi connectivity index (χ0v) is 12.5. The van der Waals surface area contributed by atoms with Crippen molar-refractivity contribution < 1.29 is 23.9 Å². The highest BCUT2D eigenvalue weighted by Crippen LogP contribution is 2.21. The second kappa shape index (κ2) is 7.11. The van der Waals surface area contributed by atoms with Crippen molar-refractivity contribution in [1.29, 1.82) is 0 Å². The van der Waals surface area contributed by atoms with E-state index in [0.717, 1.165) is 12.8 Å². The van der Waals surface area contributed by atoms with Crippen molar-refractivity contribution in [1.82, 2.24) is 9.80 Å². The summed E-state index contributed by atoms with van der Waals surface area (Å²) in [4.78, 5) is 38.7. The van der Waals surface area contributed by atoms with Gasteiger partial charge in [-0.3, -0.25) is 14.4 Å². The normalized spacial score (nSPS) is 18.0. The molecule has 1 unspecified atom stereocenters. The molecule has 2 amide bonds. The fourth-order valence-corrected chi connectivity index (χ4v) is 2.69. The molecule has 0 bridgehead atoms. The highest BCUT2D eigenvalue weighted by Gasteiger charge is 2.36. The summed E-state index contributed by atoms with van der Waals surface area (Å²) < 4.78 is 5.12. The van der Waals surface area contributed by atoms with Crippen molar-refractivity contribution in [3.8, 4) is 0 Å². The van der Waals surface area contributed by atoms with E-state index < -0.39 is 12.0 Å². The lowest BCUT2D eigenvalue weighted by Crippen LogP contribution is -2.53. The van der Waals surface area contributed by atoms with Gasteiger partial charge in [-0.1, -0.05) is 0 Å². The fourth-order valence-electron chi connectivity index (χ4n) is 2.69. The number of aliphatic carboxylic acids is 1. The topological polar surface area (TPSA) is 91.1 Å². The van der Waals surface area contributed by atoms with Crippen molar-refractivity contribution in [2.24, 2.45) is 0 Å². The molecule has 1 aliphatic rings. The Balaban J connectivity index is 2.16. The van der Waals surface area contributed by atoms with Gasteiger partial charge in [0.25, 0.3) is 5.91 Å². The Hall–Kier alpha value is -2.31. The van der Waals surface area contributed by atoms with Crippen LogP contribution in [0.4, 0.5) is 0 Å². The first kappa shape index (κ1) is 16.1. The number of hydrogen-bond donors (Lipinski definition) is 1. The van der Waals surface area contributed by atoms with Crippen LogP contribution >= 0.6 is 0 Å². The highest BCUT2D eigenvalue weighted by molar-refractivity contribution is 5.96. The predicted molar refractivity (Wildman–Crippen MR) is 77.3 cm³/mol. The lowest BCUT2D eigenvalue weighted by Gasteiger charge is -2.36. The van der Waals surface area contributed by atoms with Crippen LogP contribution in [0, 0.1) is 0 Å². The van der Waals surface area contributed by atoms with Crippen LogP contribution in [0.15, 0.2) is 22.8 Å². The number of likely N-dealkylation sites (tertiary alicyclic amines) is 1. The summed E-state index contributed by atoms with van der Waals surface area (Å²) in [5.41, 5.74) is 0. The van der Waals surface area contributed by atoms with E-state index in [1.807, 2.05) is 0 Å². The molecule has 7 nitrogen and oxygen atoms in total. The van der Waals surface area contributed by atoms with Crippen molar-refractivity contribution in [2.75, 3.05) is 19.6 Å². The van der Waals surface area contributed by atoms with E-state index in [1.165, 1.54) is 16.1 Å². The van der Waals surface area contributed by atoms with Gasteiger partial charge in [0, 0.05) is 13.1 Å². The Bertz CT molecular complexity index is 540. The number of hydrogen-bond acceptors (Lipinski definition) is 4. The third-order valence-corrected chi connectivity index (χ3v) is 3.80. The Labute approximate surface area is 128 Å². The molecule has 7 heteroatoms. The summed E-state index contributed by atoms with van der Waals surface area (Å²) >= 11 is 0. The summed E-state index contributed by atoms with van der Waals surface area (Å²) in [6.07, 6.45) is 3.61. The molecular formula is C15H20N2O5. The number of nitrogens with zero attached hydrogens (tertiary/aromatic N) is 2. The smallest absolute Gasteiger partial charge is 0.323 e. The molecule has 1 N–H and O–H groups in total. The van der Waals surface area contributed by atoms with Gasteiger partial charge in [-0.2, -0.15) is 0 Å². The van der Waals surface area contributed by atoms with E-state index >= 15 is 0 Å². The maximum atomic E-state index is 12.6. The van der Waals surface area contributed by atoms with Crippen molar-refractivity contribution in [3.63, 3.8) is 0 Å². The monoisotopic (exact) mass is 308 g/mol. The van der Waals surface area contributed by atoms with Crippen LogP contribution in [-0.2, 0) is 9.59 Å². The molecule has 120 valence electrons. The van der Waals surface area contributed by atoms with Gasteiger partial charge >= 0.3 is 5.97 Å². The summed E-state index contributed by atoms with van der Waals surface area (Å²) in [7, 11) is 0. The maximum Gasteiger partial charge on any atom is 0.323 e. The summed E-state index contributed by atoms with van der Waals surface area (Å²) in [6.45, 7) is 2.14.